The Labute approximate surface area is 72.5 Å². The highest BCUT2D eigenvalue weighted by Crippen LogP contribution is 2.13. The summed E-state index contributed by atoms with van der Waals surface area (Å²) in [5.41, 5.74) is 8.33. The number of benzene rings is 1. The van der Waals surface area contributed by atoms with Crippen molar-refractivity contribution in [1.29, 1.82) is 0 Å². The van der Waals surface area contributed by atoms with Crippen molar-refractivity contribution in [3.63, 3.8) is 0 Å². The van der Waals surface area contributed by atoms with Crippen molar-refractivity contribution >= 4 is 33.2 Å². The zero-order valence-corrected chi connectivity index (χ0v) is 7.01. The van der Waals surface area contributed by atoms with Crippen molar-refractivity contribution < 1.29 is 0 Å². The lowest BCUT2D eigenvalue weighted by Gasteiger charge is -1.95. The van der Waals surface area contributed by atoms with Gasteiger partial charge in [-0.15, -0.1) is 0 Å². The number of imidazole rings is 1. The first-order chi connectivity index (χ1) is 5.27. The van der Waals surface area contributed by atoms with Gasteiger partial charge < -0.3 is 9.28 Å². The zero-order valence-electron chi connectivity index (χ0n) is 5.86. The number of nitrogens with two attached hydrogens (primary N) is 1. The predicted octanol–water partition coefficient (Wildman–Crippen LogP) is 0.550. The van der Waals surface area contributed by atoms with E-state index in [4.69, 9.17) is 5.73 Å². The Kier molecular flexibility index (Phi) is 1.38. The standard InChI is InChI=1S/C7H6N3.Al/c8-5-1-2-6-7(3-5)10-4-9-6;/h1-4H,8H2;/q-1;+1. The molecule has 2 rings (SSSR count). The summed E-state index contributed by atoms with van der Waals surface area (Å²) in [6, 6.07) is 5.67. The lowest BCUT2D eigenvalue weighted by molar-refractivity contribution is 1.25. The monoisotopic (exact) mass is 159 g/mol. The molecule has 0 bridgehead atoms. The SMILES string of the molecule is Nc1ccc2c(c1)nc[n]2[Al]. The highest BCUT2D eigenvalue weighted by atomic mass is 27.1. The molecule has 2 N–H and O–H groups in total. The predicted molar refractivity (Wildman–Crippen MR) is 45.3 cm³/mol. The molecule has 1 aromatic carbocycles. The molecule has 0 atom stereocenters. The van der Waals surface area contributed by atoms with Crippen molar-refractivity contribution in [3.8, 4) is 0 Å². The van der Waals surface area contributed by atoms with Gasteiger partial charge >= 0.3 is 16.5 Å². The lowest BCUT2D eigenvalue weighted by atomic mass is 10.3. The lowest BCUT2D eigenvalue weighted by Crippen LogP contribution is -1.88. The number of anilines is 1. The Bertz CT molecular complexity index is 393. The second-order valence-corrected chi connectivity index (χ2v) is 2.96. The molecule has 0 aliphatic carbocycles. The van der Waals surface area contributed by atoms with E-state index in [-0.39, 0.29) is 0 Å². The van der Waals surface area contributed by atoms with Crippen LogP contribution in [0.25, 0.3) is 11.0 Å². The molecule has 0 aliphatic rings. The van der Waals surface area contributed by atoms with Crippen LogP contribution in [0.2, 0.25) is 0 Å². The first kappa shape index (κ1) is 6.72. The third kappa shape index (κ3) is 1.01. The summed E-state index contributed by atoms with van der Waals surface area (Å²) in [6.45, 7) is 0. The van der Waals surface area contributed by atoms with E-state index in [9.17, 15) is 0 Å². The van der Waals surface area contributed by atoms with Crippen LogP contribution in [-0.4, -0.2) is 25.0 Å². The summed E-state index contributed by atoms with van der Waals surface area (Å²) in [7, 11) is 0. The molecule has 0 saturated carbocycles. The van der Waals surface area contributed by atoms with Gasteiger partial charge in [0.2, 0.25) is 0 Å². The van der Waals surface area contributed by atoms with E-state index in [0.29, 0.717) is 0 Å². The third-order valence-corrected chi connectivity index (χ3v) is 2.01. The largest absolute Gasteiger partial charge is 0.442 e. The van der Waals surface area contributed by atoms with E-state index in [1.54, 1.807) is 6.33 Å². The van der Waals surface area contributed by atoms with Gasteiger partial charge in [0.25, 0.3) is 0 Å². The van der Waals surface area contributed by atoms with Crippen LogP contribution in [-0.2, 0) is 0 Å². The number of nitrogen functional groups attached to an aromatic ring is 1. The van der Waals surface area contributed by atoms with E-state index in [0.717, 1.165) is 16.7 Å². The molecular formula is C7H6AlN3. The maximum atomic E-state index is 5.58. The molecule has 0 spiro atoms. The van der Waals surface area contributed by atoms with E-state index in [1.807, 2.05) is 21.7 Å². The first-order valence-corrected chi connectivity index (χ1v) is 3.76. The maximum absolute atomic E-state index is 5.58. The zero-order chi connectivity index (χ0) is 7.84. The van der Waals surface area contributed by atoms with Crippen molar-refractivity contribution in [2.45, 2.75) is 0 Å². The summed E-state index contributed by atoms with van der Waals surface area (Å²) in [5.74, 6) is 0. The van der Waals surface area contributed by atoms with E-state index in [1.165, 1.54) is 0 Å². The van der Waals surface area contributed by atoms with Gasteiger partial charge in [0.05, 0.1) is 11.8 Å². The fourth-order valence-electron chi connectivity index (χ4n) is 1.05. The molecule has 52 valence electrons. The van der Waals surface area contributed by atoms with E-state index in [2.05, 4.69) is 21.5 Å². The van der Waals surface area contributed by atoms with Crippen LogP contribution in [0.15, 0.2) is 24.5 Å². The van der Waals surface area contributed by atoms with E-state index >= 15 is 0 Å². The topological polar surface area (TPSA) is 43.8 Å². The van der Waals surface area contributed by atoms with Crippen molar-refractivity contribution in [2.24, 2.45) is 0 Å². The average Bonchev–Trinajstić information content (AvgIpc) is 2.32. The Balaban J connectivity index is 2.86. The van der Waals surface area contributed by atoms with Gasteiger partial charge in [-0.2, -0.15) is 0 Å². The van der Waals surface area contributed by atoms with Crippen LogP contribution in [0.5, 0.6) is 0 Å². The molecule has 0 saturated heterocycles. The second-order valence-electron chi connectivity index (χ2n) is 2.40. The van der Waals surface area contributed by atoms with Gasteiger partial charge in [0, 0.05) is 11.2 Å². The number of aromatic nitrogens is 2. The van der Waals surface area contributed by atoms with E-state index < -0.39 is 0 Å². The molecule has 2 aromatic rings. The van der Waals surface area contributed by atoms with Crippen LogP contribution < -0.4 is 5.73 Å². The Morgan fingerprint density at radius 1 is 1.45 bits per heavy atom. The number of rotatable bonds is 0. The minimum atomic E-state index is 0.751. The number of fused-ring (bicyclic) bond motifs is 1. The van der Waals surface area contributed by atoms with Gasteiger partial charge in [-0.3, -0.25) is 0 Å². The van der Waals surface area contributed by atoms with Gasteiger partial charge in [-0.1, -0.05) is 0 Å². The number of nitrogens with zero attached hydrogens (tertiary/aromatic N) is 2. The average molecular weight is 159 g/mol. The second kappa shape index (κ2) is 2.26. The summed E-state index contributed by atoms with van der Waals surface area (Å²) in [5, 5.41) is 0. The molecule has 1 heterocycles. The highest BCUT2D eigenvalue weighted by molar-refractivity contribution is 6.10. The van der Waals surface area contributed by atoms with Crippen LogP contribution >= 0.6 is 0 Å². The van der Waals surface area contributed by atoms with Crippen LogP contribution in [0, 0.1) is 0 Å². The highest BCUT2D eigenvalue weighted by Gasteiger charge is 1.96. The Hall–Kier alpha value is -0.978. The molecule has 0 amide bonds. The van der Waals surface area contributed by atoms with Crippen molar-refractivity contribution in [2.75, 3.05) is 5.73 Å². The fraction of sp³-hybridized carbons (Fsp3) is 0. The van der Waals surface area contributed by atoms with Gasteiger partial charge in [0.15, 0.2) is 0 Å². The van der Waals surface area contributed by atoms with Gasteiger partial charge in [0.1, 0.15) is 0 Å². The molecule has 0 aliphatic heterocycles. The molecule has 0 fully saturated rings. The smallest absolute Gasteiger partial charge is 0.319 e. The molecule has 11 heavy (non-hydrogen) atoms. The van der Waals surface area contributed by atoms with Crippen LogP contribution in [0.4, 0.5) is 5.69 Å². The summed E-state index contributed by atoms with van der Waals surface area (Å²) in [4.78, 5) is 4.14. The van der Waals surface area contributed by atoms with Crippen LogP contribution in [0.3, 0.4) is 0 Å². The summed E-state index contributed by atoms with van der Waals surface area (Å²) >= 11 is 2.56. The number of hydrogen-bond donors (Lipinski definition) is 1. The molecular weight excluding hydrogens is 153 g/mol. The first-order valence-electron chi connectivity index (χ1n) is 3.25. The minimum absolute atomic E-state index is 0.751. The number of hydrogen-bond acceptors (Lipinski definition) is 2. The van der Waals surface area contributed by atoms with Gasteiger partial charge in [-0.05, 0) is 18.2 Å². The third-order valence-electron chi connectivity index (χ3n) is 1.60. The molecule has 0 unspecified atom stereocenters. The quantitative estimate of drug-likeness (QED) is 0.450. The Morgan fingerprint density at radius 3 is 3.09 bits per heavy atom. The molecule has 4 heteroatoms. The molecule has 2 radical (unpaired) electrons. The van der Waals surface area contributed by atoms with Crippen LogP contribution in [0.1, 0.15) is 0 Å². The van der Waals surface area contributed by atoms with Gasteiger partial charge in [-0.25, -0.2) is 4.98 Å². The molecule has 1 aromatic heterocycles. The molecule has 3 nitrogen and oxygen atoms in total. The fourth-order valence-corrected chi connectivity index (χ4v) is 1.33. The maximum Gasteiger partial charge on any atom is 0.319 e. The summed E-state index contributed by atoms with van der Waals surface area (Å²) in [6.07, 6.45) is 1.74. The van der Waals surface area contributed by atoms with Crippen molar-refractivity contribution in [1.82, 2.24) is 8.53 Å². The summed E-state index contributed by atoms with van der Waals surface area (Å²) < 4.78 is 1.88. The Morgan fingerprint density at radius 2 is 2.27 bits per heavy atom. The normalized spacial score (nSPS) is 10.5. The minimum Gasteiger partial charge on any atom is -0.442 e. The van der Waals surface area contributed by atoms with Crippen molar-refractivity contribution in [3.05, 3.63) is 24.5 Å².